The molecule has 1 aliphatic heterocycles. The Bertz CT molecular complexity index is 683. The van der Waals surface area contributed by atoms with Gasteiger partial charge in [-0.25, -0.2) is 0 Å². The zero-order chi connectivity index (χ0) is 16.2. The zero-order valence-electron chi connectivity index (χ0n) is 12.9. The fourth-order valence-electron chi connectivity index (χ4n) is 2.40. The number of likely N-dealkylation sites (N-methyl/N-ethyl adjacent to an activating group) is 1. The number of hydrogen-bond acceptors (Lipinski definition) is 5. The lowest BCUT2D eigenvalue weighted by molar-refractivity contribution is 0.102. The molecule has 3 rings (SSSR count). The lowest BCUT2D eigenvalue weighted by atomic mass is 10.3. The second-order valence-electron chi connectivity index (χ2n) is 5.50. The molecule has 1 amide bonds. The maximum absolute atomic E-state index is 12.2. The first-order chi connectivity index (χ1) is 11.1. The molecule has 120 valence electrons. The highest BCUT2D eigenvalue weighted by Gasteiger charge is 2.16. The average molecular weight is 376 g/mol. The Kier molecular flexibility index (Phi) is 4.88. The number of nitrogens with one attached hydrogen (secondary N) is 1. The van der Waals surface area contributed by atoms with Gasteiger partial charge in [-0.2, -0.15) is 0 Å². The van der Waals surface area contributed by atoms with E-state index < -0.39 is 0 Å². The molecule has 0 atom stereocenters. The van der Waals surface area contributed by atoms with Crippen LogP contribution in [0.1, 0.15) is 10.5 Å². The first-order valence-corrected chi connectivity index (χ1v) is 8.26. The maximum Gasteiger partial charge on any atom is 0.276 e. The first-order valence-electron chi connectivity index (χ1n) is 7.46. The van der Waals surface area contributed by atoms with Gasteiger partial charge in [0.05, 0.1) is 5.69 Å². The molecule has 0 radical (unpaired) electrons. The summed E-state index contributed by atoms with van der Waals surface area (Å²) in [7, 11) is 2.11. The summed E-state index contributed by atoms with van der Waals surface area (Å²) in [6, 6.07) is 11.0. The van der Waals surface area contributed by atoms with Gasteiger partial charge in [-0.3, -0.25) is 4.79 Å². The van der Waals surface area contributed by atoms with Crippen LogP contribution in [0.5, 0.6) is 0 Å². The summed E-state index contributed by atoms with van der Waals surface area (Å²) in [6.07, 6.45) is 0. The van der Waals surface area contributed by atoms with Crippen molar-refractivity contribution in [2.45, 2.75) is 0 Å². The third-order valence-electron chi connectivity index (χ3n) is 3.83. The number of rotatable bonds is 3. The van der Waals surface area contributed by atoms with E-state index in [1.807, 2.05) is 30.3 Å². The van der Waals surface area contributed by atoms with E-state index in [0.717, 1.165) is 36.5 Å². The van der Waals surface area contributed by atoms with E-state index in [2.05, 4.69) is 48.3 Å². The molecule has 6 nitrogen and oxygen atoms in total. The Morgan fingerprint density at radius 2 is 1.83 bits per heavy atom. The molecule has 7 heteroatoms. The monoisotopic (exact) mass is 375 g/mol. The Balaban J connectivity index is 1.67. The first kappa shape index (κ1) is 15.9. The van der Waals surface area contributed by atoms with Crippen LogP contribution in [0.25, 0.3) is 0 Å². The Morgan fingerprint density at radius 1 is 1.09 bits per heavy atom. The largest absolute Gasteiger partial charge is 0.353 e. The SMILES string of the molecule is CN1CCN(c2ccc(C(=O)Nc3ccccc3Br)nn2)CC1. The van der Waals surface area contributed by atoms with E-state index in [1.54, 1.807) is 6.07 Å². The molecular weight excluding hydrogens is 358 g/mol. The minimum absolute atomic E-state index is 0.269. The van der Waals surface area contributed by atoms with Crippen molar-refractivity contribution in [3.8, 4) is 0 Å². The van der Waals surface area contributed by atoms with Crippen molar-refractivity contribution in [3.63, 3.8) is 0 Å². The number of carbonyl (C=O) groups excluding carboxylic acids is 1. The van der Waals surface area contributed by atoms with Crippen LogP contribution in [0.3, 0.4) is 0 Å². The molecule has 0 bridgehead atoms. The molecule has 0 spiro atoms. The molecule has 0 aliphatic carbocycles. The van der Waals surface area contributed by atoms with Gasteiger partial charge in [-0.15, -0.1) is 10.2 Å². The van der Waals surface area contributed by atoms with Crippen LogP contribution < -0.4 is 10.2 Å². The number of para-hydroxylation sites is 1. The molecule has 1 saturated heterocycles. The van der Waals surface area contributed by atoms with Gasteiger partial charge in [-0.05, 0) is 47.2 Å². The minimum atomic E-state index is -0.269. The minimum Gasteiger partial charge on any atom is -0.353 e. The van der Waals surface area contributed by atoms with E-state index in [4.69, 9.17) is 0 Å². The smallest absolute Gasteiger partial charge is 0.276 e. The van der Waals surface area contributed by atoms with Crippen molar-refractivity contribution >= 4 is 33.3 Å². The predicted molar refractivity (Wildman–Crippen MR) is 93.8 cm³/mol. The number of amides is 1. The highest BCUT2D eigenvalue weighted by Crippen LogP contribution is 2.21. The summed E-state index contributed by atoms with van der Waals surface area (Å²) in [5, 5.41) is 11.1. The summed E-state index contributed by atoms with van der Waals surface area (Å²) in [5.41, 5.74) is 1.01. The number of nitrogens with zero attached hydrogens (tertiary/aromatic N) is 4. The second-order valence-corrected chi connectivity index (χ2v) is 6.36. The Morgan fingerprint density at radius 3 is 2.48 bits per heavy atom. The molecule has 1 aliphatic rings. The van der Waals surface area contributed by atoms with Crippen molar-refractivity contribution in [1.82, 2.24) is 15.1 Å². The highest BCUT2D eigenvalue weighted by molar-refractivity contribution is 9.10. The van der Waals surface area contributed by atoms with E-state index in [0.29, 0.717) is 11.4 Å². The molecule has 2 aromatic rings. The number of halogens is 1. The molecule has 23 heavy (non-hydrogen) atoms. The summed E-state index contributed by atoms with van der Waals surface area (Å²) in [6.45, 7) is 3.86. The van der Waals surface area contributed by atoms with Crippen LogP contribution in [0.2, 0.25) is 0 Å². The van der Waals surface area contributed by atoms with Crippen molar-refractivity contribution in [3.05, 3.63) is 46.6 Å². The standard InChI is InChI=1S/C16H18BrN5O/c1-21-8-10-22(11-9-21)15-7-6-14(19-20-15)16(23)18-13-5-3-2-4-12(13)17/h2-7H,8-11H2,1H3,(H,18,23). The fourth-order valence-corrected chi connectivity index (χ4v) is 2.78. The van der Waals surface area contributed by atoms with Crippen LogP contribution in [0.15, 0.2) is 40.9 Å². The van der Waals surface area contributed by atoms with Crippen molar-refractivity contribution in [2.75, 3.05) is 43.4 Å². The lowest BCUT2D eigenvalue weighted by Crippen LogP contribution is -2.44. The molecule has 0 saturated carbocycles. The van der Waals surface area contributed by atoms with E-state index in [1.165, 1.54) is 0 Å². The highest BCUT2D eigenvalue weighted by atomic mass is 79.9. The van der Waals surface area contributed by atoms with Gasteiger partial charge in [-0.1, -0.05) is 12.1 Å². The van der Waals surface area contributed by atoms with Crippen molar-refractivity contribution < 1.29 is 4.79 Å². The number of piperazine rings is 1. The number of benzene rings is 1. The van der Waals surface area contributed by atoms with E-state index >= 15 is 0 Å². The third-order valence-corrected chi connectivity index (χ3v) is 4.52. The van der Waals surface area contributed by atoms with Gasteiger partial charge in [0.25, 0.3) is 5.91 Å². The topological polar surface area (TPSA) is 61.4 Å². The summed E-state index contributed by atoms with van der Waals surface area (Å²) in [4.78, 5) is 16.7. The van der Waals surface area contributed by atoms with Crippen LogP contribution in [-0.4, -0.2) is 54.2 Å². The van der Waals surface area contributed by atoms with Gasteiger partial charge in [0.15, 0.2) is 11.5 Å². The Hall–Kier alpha value is -1.99. The second kappa shape index (κ2) is 7.06. The molecular formula is C16H18BrN5O. The average Bonchev–Trinajstić information content (AvgIpc) is 2.58. The van der Waals surface area contributed by atoms with Gasteiger partial charge in [0, 0.05) is 30.7 Å². The van der Waals surface area contributed by atoms with Crippen LogP contribution >= 0.6 is 15.9 Å². The predicted octanol–water partition coefficient (Wildman–Crippen LogP) is 2.24. The number of aromatic nitrogens is 2. The summed E-state index contributed by atoms with van der Waals surface area (Å²) >= 11 is 3.40. The van der Waals surface area contributed by atoms with Crippen molar-refractivity contribution in [1.29, 1.82) is 0 Å². The van der Waals surface area contributed by atoms with E-state index in [-0.39, 0.29) is 5.91 Å². The lowest BCUT2D eigenvalue weighted by Gasteiger charge is -2.32. The molecule has 1 N–H and O–H groups in total. The number of carbonyl (C=O) groups is 1. The van der Waals surface area contributed by atoms with Gasteiger partial charge in [0.1, 0.15) is 0 Å². The molecule has 2 heterocycles. The number of anilines is 2. The fraction of sp³-hybridized carbons (Fsp3) is 0.312. The molecule has 1 aromatic carbocycles. The molecule has 1 aromatic heterocycles. The summed E-state index contributed by atoms with van der Waals surface area (Å²) < 4.78 is 0.829. The van der Waals surface area contributed by atoms with Crippen LogP contribution in [-0.2, 0) is 0 Å². The van der Waals surface area contributed by atoms with Gasteiger partial charge in [0.2, 0.25) is 0 Å². The summed E-state index contributed by atoms with van der Waals surface area (Å²) in [5.74, 6) is 0.546. The molecule has 1 fully saturated rings. The quantitative estimate of drug-likeness (QED) is 0.891. The maximum atomic E-state index is 12.2. The number of hydrogen-bond donors (Lipinski definition) is 1. The van der Waals surface area contributed by atoms with Crippen molar-refractivity contribution in [2.24, 2.45) is 0 Å². The van der Waals surface area contributed by atoms with Crippen LogP contribution in [0, 0.1) is 0 Å². The zero-order valence-corrected chi connectivity index (χ0v) is 14.5. The van der Waals surface area contributed by atoms with E-state index in [9.17, 15) is 4.79 Å². The van der Waals surface area contributed by atoms with Crippen LogP contribution in [0.4, 0.5) is 11.5 Å². The van der Waals surface area contributed by atoms with Gasteiger partial charge < -0.3 is 15.1 Å². The third kappa shape index (κ3) is 3.86. The van der Waals surface area contributed by atoms with Gasteiger partial charge >= 0.3 is 0 Å². The molecule has 0 unspecified atom stereocenters. The normalized spacial score (nSPS) is 15.5. The Labute approximate surface area is 143 Å².